The zero-order valence-electron chi connectivity index (χ0n) is 15.2. The summed E-state index contributed by atoms with van der Waals surface area (Å²) in [4.78, 5) is 12.4. The van der Waals surface area contributed by atoms with Crippen LogP contribution in [-0.2, 0) is 29.7 Å². The molecular weight excluding hydrogens is 401 g/mol. The van der Waals surface area contributed by atoms with Crippen LogP contribution in [0.3, 0.4) is 0 Å². The van der Waals surface area contributed by atoms with Crippen molar-refractivity contribution in [2.24, 2.45) is 23.2 Å². The van der Waals surface area contributed by atoms with Crippen molar-refractivity contribution in [2.75, 3.05) is 5.75 Å². The van der Waals surface area contributed by atoms with E-state index in [2.05, 4.69) is 0 Å². The Morgan fingerprint density at radius 1 is 1.04 bits per heavy atom. The van der Waals surface area contributed by atoms with Crippen molar-refractivity contribution in [1.82, 2.24) is 0 Å². The standard InChI is InChI=1S/C18H26F3O4S2/c19-18(20,21)27(23,24)25-26(16-4-2-1-3-15(16)22)11-17-8-12-5-13(9-17)7-14(6-12)10-17/h12-14,16H,1-11H2/q+1. The van der Waals surface area contributed by atoms with Gasteiger partial charge < -0.3 is 0 Å². The lowest BCUT2D eigenvalue weighted by molar-refractivity contribution is -0.119. The van der Waals surface area contributed by atoms with Crippen LogP contribution in [0.25, 0.3) is 0 Å². The Labute approximate surface area is 161 Å². The third-order valence-electron chi connectivity index (χ3n) is 6.89. The van der Waals surface area contributed by atoms with E-state index in [1.807, 2.05) is 0 Å². The minimum Gasteiger partial charge on any atom is -0.294 e. The summed E-state index contributed by atoms with van der Waals surface area (Å²) in [6.45, 7) is 0. The molecule has 154 valence electrons. The van der Waals surface area contributed by atoms with Gasteiger partial charge in [0, 0.05) is 18.3 Å². The van der Waals surface area contributed by atoms with Crippen LogP contribution in [0.15, 0.2) is 0 Å². The first kappa shape index (κ1) is 20.0. The number of Topliss-reactive ketones (excluding diaryl/α,β-unsaturated/α-hetero) is 1. The molecule has 0 spiro atoms. The van der Waals surface area contributed by atoms with Gasteiger partial charge in [-0.25, -0.2) is 0 Å². The molecule has 4 nitrogen and oxygen atoms in total. The van der Waals surface area contributed by atoms with E-state index in [9.17, 15) is 26.4 Å². The second-order valence-electron chi connectivity index (χ2n) is 9.11. The summed E-state index contributed by atoms with van der Waals surface area (Å²) < 4.78 is 67.2. The van der Waals surface area contributed by atoms with E-state index in [4.69, 9.17) is 3.63 Å². The summed E-state index contributed by atoms with van der Waals surface area (Å²) in [6.07, 6.45) is 8.60. The molecule has 4 bridgehead atoms. The largest absolute Gasteiger partial charge is 0.527 e. The van der Waals surface area contributed by atoms with Crippen LogP contribution in [-0.4, -0.2) is 30.7 Å². The van der Waals surface area contributed by atoms with Crippen molar-refractivity contribution in [3.8, 4) is 0 Å². The molecule has 5 aliphatic carbocycles. The van der Waals surface area contributed by atoms with Gasteiger partial charge in [-0.1, -0.05) is 0 Å². The van der Waals surface area contributed by atoms with Gasteiger partial charge in [0.15, 0.2) is 17.0 Å². The number of hydrogen-bond donors (Lipinski definition) is 0. The van der Waals surface area contributed by atoms with E-state index >= 15 is 0 Å². The first-order chi connectivity index (χ1) is 12.6. The van der Waals surface area contributed by atoms with Gasteiger partial charge in [0.05, 0.1) is 0 Å². The number of halogens is 3. The molecule has 0 heterocycles. The Bertz CT molecular complexity index is 669. The van der Waals surface area contributed by atoms with E-state index in [1.165, 1.54) is 19.3 Å². The summed E-state index contributed by atoms with van der Waals surface area (Å²) in [6, 6.07) is 0. The van der Waals surface area contributed by atoms with Gasteiger partial charge in [-0.15, -0.1) is 0 Å². The molecule has 0 aromatic heterocycles. The van der Waals surface area contributed by atoms with Crippen molar-refractivity contribution in [1.29, 1.82) is 0 Å². The molecule has 27 heavy (non-hydrogen) atoms. The molecule has 0 saturated heterocycles. The van der Waals surface area contributed by atoms with Gasteiger partial charge in [-0.05, 0) is 72.7 Å². The maximum Gasteiger partial charge on any atom is 0.527 e. The van der Waals surface area contributed by atoms with Crippen LogP contribution in [0.1, 0.15) is 64.2 Å². The van der Waals surface area contributed by atoms with Crippen LogP contribution < -0.4 is 0 Å². The molecule has 5 saturated carbocycles. The molecule has 0 aromatic rings. The minimum atomic E-state index is -5.69. The third-order valence-corrected chi connectivity index (χ3v) is 10.9. The highest BCUT2D eigenvalue weighted by atomic mass is 32.3. The Balaban J connectivity index is 1.59. The highest BCUT2D eigenvalue weighted by Gasteiger charge is 2.60. The lowest BCUT2D eigenvalue weighted by Gasteiger charge is -2.55. The predicted octanol–water partition coefficient (Wildman–Crippen LogP) is 4.11. The summed E-state index contributed by atoms with van der Waals surface area (Å²) in [5, 5.41) is -0.705. The molecule has 0 aliphatic heterocycles. The monoisotopic (exact) mass is 427 g/mol. The molecule has 0 N–H and O–H groups in total. The molecule has 2 unspecified atom stereocenters. The normalized spacial score (nSPS) is 40.3. The summed E-state index contributed by atoms with van der Waals surface area (Å²) >= 11 is -1.53. The van der Waals surface area contributed by atoms with Crippen LogP contribution >= 0.6 is 0 Å². The number of hydrogen-bond acceptors (Lipinski definition) is 4. The molecule has 0 amide bonds. The van der Waals surface area contributed by atoms with Crippen LogP contribution in [0.2, 0.25) is 0 Å². The van der Waals surface area contributed by atoms with Crippen molar-refractivity contribution in [3.63, 3.8) is 0 Å². The van der Waals surface area contributed by atoms with Gasteiger partial charge in [0.2, 0.25) is 5.25 Å². The fourth-order valence-electron chi connectivity index (χ4n) is 6.32. The lowest BCUT2D eigenvalue weighted by Crippen LogP contribution is -2.52. The molecule has 0 radical (unpaired) electrons. The smallest absolute Gasteiger partial charge is 0.294 e. The topological polar surface area (TPSA) is 60.4 Å². The van der Waals surface area contributed by atoms with Gasteiger partial charge in [-0.2, -0.15) is 21.6 Å². The van der Waals surface area contributed by atoms with Gasteiger partial charge in [-0.3, -0.25) is 4.79 Å². The van der Waals surface area contributed by atoms with E-state index < -0.39 is 32.1 Å². The number of alkyl halides is 3. The average molecular weight is 428 g/mol. The molecule has 5 rings (SSSR count). The molecular formula is C18H26F3O4S2+. The first-order valence-corrected chi connectivity index (χ1v) is 12.6. The second-order valence-corrected chi connectivity index (χ2v) is 12.6. The quantitative estimate of drug-likeness (QED) is 0.489. The van der Waals surface area contributed by atoms with E-state index in [1.54, 1.807) is 0 Å². The fourth-order valence-corrected chi connectivity index (χ4v) is 10.1. The van der Waals surface area contributed by atoms with Crippen molar-refractivity contribution in [2.45, 2.75) is 75.0 Å². The van der Waals surface area contributed by atoms with Gasteiger partial charge in [0.25, 0.3) is 0 Å². The number of ketones is 1. The molecule has 9 heteroatoms. The van der Waals surface area contributed by atoms with Crippen molar-refractivity contribution < 1.29 is 30.0 Å². The summed E-state index contributed by atoms with van der Waals surface area (Å²) in [5.74, 6) is 1.96. The van der Waals surface area contributed by atoms with Crippen molar-refractivity contribution >= 4 is 27.1 Å². The van der Waals surface area contributed by atoms with Gasteiger partial charge >= 0.3 is 15.6 Å². The zero-order valence-corrected chi connectivity index (χ0v) is 16.8. The predicted molar refractivity (Wildman–Crippen MR) is 96.2 cm³/mol. The molecule has 5 fully saturated rings. The Morgan fingerprint density at radius 3 is 2.07 bits per heavy atom. The molecule has 2 atom stereocenters. The van der Waals surface area contributed by atoms with E-state index in [-0.39, 0.29) is 11.2 Å². The first-order valence-electron chi connectivity index (χ1n) is 9.81. The maximum atomic E-state index is 13.0. The van der Waals surface area contributed by atoms with Crippen molar-refractivity contribution in [3.05, 3.63) is 0 Å². The van der Waals surface area contributed by atoms with Crippen LogP contribution in [0.4, 0.5) is 13.2 Å². The number of carbonyl (C=O) groups excluding carboxylic acids is 1. The average Bonchev–Trinajstić information content (AvgIpc) is 2.51. The molecule has 0 aromatic carbocycles. The Hall–Kier alpha value is -0.280. The summed E-state index contributed by atoms with van der Waals surface area (Å²) in [5.41, 5.74) is -5.59. The highest BCUT2D eigenvalue weighted by molar-refractivity contribution is 8.03. The second kappa shape index (κ2) is 6.90. The van der Waals surface area contributed by atoms with Crippen LogP contribution in [0, 0.1) is 23.2 Å². The molecule has 5 aliphatic rings. The fraction of sp³-hybridized carbons (Fsp3) is 0.944. The summed E-state index contributed by atoms with van der Waals surface area (Å²) in [7, 11) is -5.69. The number of rotatable bonds is 5. The highest BCUT2D eigenvalue weighted by Crippen LogP contribution is 2.60. The third kappa shape index (κ3) is 3.92. The zero-order chi connectivity index (χ0) is 19.4. The Morgan fingerprint density at radius 2 is 1.59 bits per heavy atom. The van der Waals surface area contributed by atoms with E-state index in [0.29, 0.717) is 36.3 Å². The SMILES string of the molecule is O=C1CCCCC1[S+](CC12CC3CC(CC(C3)C1)C2)OS(=O)(=O)C(F)(F)F. The number of carbonyl (C=O) groups is 1. The van der Waals surface area contributed by atoms with E-state index in [0.717, 1.165) is 32.1 Å². The Kier molecular flexibility index (Phi) is 5.12. The lowest BCUT2D eigenvalue weighted by atomic mass is 9.50. The van der Waals surface area contributed by atoms with Crippen LogP contribution in [0.5, 0.6) is 0 Å². The maximum absolute atomic E-state index is 13.0. The minimum absolute atomic E-state index is 0.133. The van der Waals surface area contributed by atoms with Gasteiger partial charge in [0.1, 0.15) is 5.75 Å².